The van der Waals surface area contributed by atoms with Gasteiger partial charge in [-0.2, -0.15) is 0 Å². The van der Waals surface area contributed by atoms with Gasteiger partial charge in [0.15, 0.2) is 6.04 Å². The standard InChI is InChI=1S/C19H17BrN2O3/c20-15-6-7-16-14(12-15)8-10-22(16)11-9-17(23)21-18(19(24)25)13-4-2-1-3-5-13/h1-8,10,12,18H,9,11H2,(H,21,23)(H,24,25)/t18-/m0/s1. The van der Waals surface area contributed by atoms with Crippen LogP contribution < -0.4 is 5.32 Å². The Morgan fingerprint density at radius 2 is 1.88 bits per heavy atom. The molecule has 0 aliphatic rings. The highest BCUT2D eigenvalue weighted by molar-refractivity contribution is 9.10. The van der Waals surface area contributed by atoms with E-state index in [1.807, 2.05) is 35.0 Å². The Kier molecular flexibility index (Phi) is 5.19. The van der Waals surface area contributed by atoms with E-state index in [0.717, 1.165) is 15.4 Å². The topological polar surface area (TPSA) is 71.3 Å². The molecule has 0 aliphatic heterocycles. The highest BCUT2D eigenvalue weighted by Crippen LogP contribution is 2.21. The molecule has 1 amide bonds. The van der Waals surface area contributed by atoms with Gasteiger partial charge in [-0.25, -0.2) is 4.79 Å². The fraction of sp³-hybridized carbons (Fsp3) is 0.158. The Balaban J connectivity index is 1.66. The van der Waals surface area contributed by atoms with Crippen LogP contribution in [0.5, 0.6) is 0 Å². The van der Waals surface area contributed by atoms with Crippen molar-refractivity contribution in [1.82, 2.24) is 9.88 Å². The van der Waals surface area contributed by atoms with E-state index in [0.29, 0.717) is 12.1 Å². The van der Waals surface area contributed by atoms with Gasteiger partial charge in [0.05, 0.1) is 0 Å². The molecule has 1 aromatic heterocycles. The van der Waals surface area contributed by atoms with Crippen molar-refractivity contribution in [1.29, 1.82) is 0 Å². The highest BCUT2D eigenvalue weighted by Gasteiger charge is 2.21. The molecular weight excluding hydrogens is 384 g/mol. The Labute approximate surface area is 153 Å². The molecule has 0 saturated carbocycles. The summed E-state index contributed by atoms with van der Waals surface area (Å²) in [4.78, 5) is 23.7. The lowest BCUT2D eigenvalue weighted by Crippen LogP contribution is -2.34. The molecule has 2 N–H and O–H groups in total. The van der Waals surface area contributed by atoms with Crippen LogP contribution in [0.3, 0.4) is 0 Å². The highest BCUT2D eigenvalue weighted by atomic mass is 79.9. The van der Waals surface area contributed by atoms with Crippen molar-refractivity contribution in [2.45, 2.75) is 19.0 Å². The molecule has 0 aliphatic carbocycles. The molecule has 3 rings (SSSR count). The van der Waals surface area contributed by atoms with Crippen molar-refractivity contribution >= 4 is 38.7 Å². The first-order valence-electron chi connectivity index (χ1n) is 7.86. The van der Waals surface area contributed by atoms with E-state index in [4.69, 9.17) is 0 Å². The van der Waals surface area contributed by atoms with Gasteiger partial charge >= 0.3 is 5.97 Å². The van der Waals surface area contributed by atoms with E-state index in [1.54, 1.807) is 30.3 Å². The quantitative estimate of drug-likeness (QED) is 0.661. The minimum atomic E-state index is -1.07. The summed E-state index contributed by atoms with van der Waals surface area (Å²) >= 11 is 3.44. The Hall–Kier alpha value is -2.60. The Bertz CT molecular complexity index is 905. The third-order valence-corrected chi connectivity index (χ3v) is 4.49. The van der Waals surface area contributed by atoms with Crippen LogP contribution in [0.2, 0.25) is 0 Å². The molecule has 0 radical (unpaired) electrons. The second kappa shape index (κ2) is 7.53. The summed E-state index contributed by atoms with van der Waals surface area (Å²) in [5.41, 5.74) is 1.59. The zero-order valence-corrected chi connectivity index (χ0v) is 14.9. The van der Waals surface area contributed by atoms with Gasteiger partial charge in [-0.05, 0) is 29.8 Å². The normalized spacial score (nSPS) is 12.0. The molecule has 3 aromatic rings. The number of hydrogen-bond donors (Lipinski definition) is 2. The van der Waals surface area contributed by atoms with Crippen LogP contribution in [0.4, 0.5) is 0 Å². The number of aromatic nitrogens is 1. The summed E-state index contributed by atoms with van der Waals surface area (Å²) in [5, 5.41) is 13.0. The van der Waals surface area contributed by atoms with Crippen molar-refractivity contribution in [3.05, 3.63) is 70.8 Å². The maximum Gasteiger partial charge on any atom is 0.330 e. The van der Waals surface area contributed by atoms with E-state index < -0.39 is 12.0 Å². The average Bonchev–Trinajstić information content (AvgIpc) is 3.00. The largest absolute Gasteiger partial charge is 0.479 e. The summed E-state index contributed by atoms with van der Waals surface area (Å²) in [6.45, 7) is 0.484. The zero-order valence-electron chi connectivity index (χ0n) is 13.4. The number of aliphatic carboxylic acids is 1. The number of aryl methyl sites for hydroxylation is 1. The number of carbonyl (C=O) groups excluding carboxylic acids is 1. The molecule has 1 heterocycles. The van der Waals surface area contributed by atoms with Crippen molar-refractivity contribution in [3.63, 3.8) is 0 Å². The van der Waals surface area contributed by atoms with Gasteiger partial charge in [0.25, 0.3) is 0 Å². The second-order valence-electron chi connectivity index (χ2n) is 5.71. The number of fused-ring (bicyclic) bond motifs is 1. The molecule has 0 spiro atoms. The molecule has 2 aromatic carbocycles. The molecule has 6 heteroatoms. The SMILES string of the molecule is O=C(CCn1ccc2cc(Br)ccc21)N[C@H](C(=O)O)c1ccccc1. The first-order valence-corrected chi connectivity index (χ1v) is 8.65. The van der Waals surface area contributed by atoms with Crippen molar-refractivity contribution in [2.24, 2.45) is 0 Å². The van der Waals surface area contributed by atoms with Gasteiger partial charge in [0.1, 0.15) is 0 Å². The van der Waals surface area contributed by atoms with Crippen molar-refractivity contribution in [3.8, 4) is 0 Å². The van der Waals surface area contributed by atoms with E-state index in [9.17, 15) is 14.7 Å². The minimum Gasteiger partial charge on any atom is -0.479 e. The molecule has 1 atom stereocenters. The zero-order chi connectivity index (χ0) is 17.8. The predicted octanol–water partition coefficient (Wildman–Crippen LogP) is 3.74. The van der Waals surface area contributed by atoms with Gasteiger partial charge in [0.2, 0.25) is 5.91 Å². The fourth-order valence-corrected chi connectivity index (χ4v) is 3.13. The first kappa shape index (κ1) is 17.2. The second-order valence-corrected chi connectivity index (χ2v) is 6.63. The summed E-state index contributed by atoms with van der Waals surface area (Å²) in [6, 6.07) is 15.6. The van der Waals surface area contributed by atoms with E-state index in [2.05, 4.69) is 21.2 Å². The van der Waals surface area contributed by atoms with Crippen LogP contribution in [-0.2, 0) is 16.1 Å². The summed E-state index contributed by atoms with van der Waals surface area (Å²) in [7, 11) is 0. The minimum absolute atomic E-state index is 0.205. The summed E-state index contributed by atoms with van der Waals surface area (Å²) < 4.78 is 2.99. The number of nitrogens with one attached hydrogen (secondary N) is 1. The van der Waals surface area contributed by atoms with Gasteiger partial charge in [-0.3, -0.25) is 4.79 Å². The number of benzene rings is 2. The van der Waals surface area contributed by atoms with E-state index >= 15 is 0 Å². The van der Waals surface area contributed by atoms with Crippen LogP contribution in [0.15, 0.2) is 65.3 Å². The number of carboxylic acid groups (broad SMARTS) is 1. The number of rotatable bonds is 6. The fourth-order valence-electron chi connectivity index (χ4n) is 2.75. The smallest absolute Gasteiger partial charge is 0.330 e. The number of halogens is 1. The molecule has 0 unspecified atom stereocenters. The molecular formula is C19H17BrN2O3. The third-order valence-electron chi connectivity index (χ3n) is 4.00. The molecule has 0 fully saturated rings. The van der Waals surface area contributed by atoms with Gasteiger partial charge in [-0.15, -0.1) is 0 Å². The number of carbonyl (C=O) groups is 2. The van der Waals surface area contributed by atoms with Gasteiger partial charge in [-0.1, -0.05) is 46.3 Å². The third kappa shape index (κ3) is 4.09. The van der Waals surface area contributed by atoms with Crippen LogP contribution in [0.25, 0.3) is 10.9 Å². The number of nitrogens with zero attached hydrogens (tertiary/aromatic N) is 1. The molecule has 0 saturated heterocycles. The maximum atomic E-state index is 12.2. The van der Waals surface area contributed by atoms with Gasteiger partial charge < -0.3 is 15.0 Å². The Morgan fingerprint density at radius 1 is 1.12 bits per heavy atom. The molecule has 128 valence electrons. The Morgan fingerprint density at radius 3 is 2.60 bits per heavy atom. The van der Waals surface area contributed by atoms with Crippen LogP contribution in [-0.4, -0.2) is 21.6 Å². The lowest BCUT2D eigenvalue weighted by Gasteiger charge is -2.15. The molecule has 25 heavy (non-hydrogen) atoms. The molecule has 5 nitrogen and oxygen atoms in total. The maximum absolute atomic E-state index is 12.2. The lowest BCUT2D eigenvalue weighted by atomic mass is 10.1. The first-order chi connectivity index (χ1) is 12.0. The van der Waals surface area contributed by atoms with Crippen LogP contribution >= 0.6 is 15.9 Å². The number of hydrogen-bond acceptors (Lipinski definition) is 2. The summed E-state index contributed by atoms with van der Waals surface area (Å²) in [6.07, 6.45) is 2.13. The average molecular weight is 401 g/mol. The van der Waals surface area contributed by atoms with E-state index in [1.165, 1.54) is 0 Å². The molecule has 0 bridgehead atoms. The lowest BCUT2D eigenvalue weighted by molar-refractivity contribution is -0.142. The predicted molar refractivity (Wildman–Crippen MR) is 99.2 cm³/mol. The van der Waals surface area contributed by atoms with Crippen molar-refractivity contribution in [2.75, 3.05) is 0 Å². The summed E-state index contributed by atoms with van der Waals surface area (Å²) in [5.74, 6) is -1.37. The van der Waals surface area contributed by atoms with Crippen LogP contribution in [0, 0.1) is 0 Å². The van der Waals surface area contributed by atoms with Crippen molar-refractivity contribution < 1.29 is 14.7 Å². The van der Waals surface area contributed by atoms with Gasteiger partial charge in [0, 0.05) is 34.5 Å². The monoisotopic (exact) mass is 400 g/mol. The van der Waals surface area contributed by atoms with Crippen LogP contribution in [0.1, 0.15) is 18.0 Å². The number of amides is 1. The number of carboxylic acids is 1. The van der Waals surface area contributed by atoms with E-state index in [-0.39, 0.29) is 12.3 Å².